The fraction of sp³-hybridized carbons (Fsp3) is 0.250. The number of ether oxygens (including phenoxy) is 3. The van der Waals surface area contributed by atoms with Crippen molar-refractivity contribution in [2.75, 3.05) is 49.7 Å². The lowest BCUT2D eigenvalue weighted by atomic mass is 10.1. The maximum atomic E-state index is 13.6. The zero-order valence-corrected chi connectivity index (χ0v) is 28.5. The molecule has 1 fully saturated rings. The number of urea groups is 1. The Bertz CT molecular complexity index is 2030. The van der Waals surface area contributed by atoms with Crippen LogP contribution in [0.25, 0.3) is 10.9 Å². The SMILES string of the molecule is CCN(C(=O)Nc1ccc(Cl)c(Cl)c1)c1ccc(Oc2ccc3c(c2)cc(C(=O)N2CCN(Cc4ccc5c(c4)OCO5)CC2)n3C)nc1. The lowest BCUT2D eigenvalue weighted by Gasteiger charge is -2.34. The summed E-state index contributed by atoms with van der Waals surface area (Å²) in [5.74, 6) is 2.52. The highest BCUT2D eigenvalue weighted by Gasteiger charge is 2.25. The number of anilines is 2. The number of benzene rings is 3. The molecule has 11 nitrogen and oxygen atoms in total. The number of nitrogens with one attached hydrogen (secondary N) is 1. The normalized spacial score (nSPS) is 14.2. The van der Waals surface area contributed by atoms with Gasteiger partial charge in [0.05, 0.1) is 21.9 Å². The van der Waals surface area contributed by atoms with Crippen molar-refractivity contribution in [2.24, 2.45) is 7.05 Å². The number of hydrogen-bond acceptors (Lipinski definition) is 7. The molecule has 2 aromatic heterocycles. The van der Waals surface area contributed by atoms with Gasteiger partial charge >= 0.3 is 6.03 Å². The van der Waals surface area contributed by atoms with E-state index in [9.17, 15) is 9.59 Å². The number of amides is 3. The number of halogens is 2. The monoisotopic (exact) mass is 700 g/mol. The summed E-state index contributed by atoms with van der Waals surface area (Å²) in [7, 11) is 1.91. The molecular weight excluding hydrogens is 667 g/mol. The lowest BCUT2D eigenvalue weighted by Crippen LogP contribution is -2.48. The minimum Gasteiger partial charge on any atom is -0.454 e. The fourth-order valence-corrected chi connectivity index (χ4v) is 6.38. The molecule has 1 saturated heterocycles. The van der Waals surface area contributed by atoms with Crippen LogP contribution in [0.1, 0.15) is 23.0 Å². The predicted octanol–water partition coefficient (Wildman–Crippen LogP) is 7.42. The largest absolute Gasteiger partial charge is 0.454 e. The first-order chi connectivity index (χ1) is 23.7. The van der Waals surface area contributed by atoms with E-state index in [1.54, 1.807) is 41.4 Å². The maximum absolute atomic E-state index is 13.6. The quantitative estimate of drug-likeness (QED) is 0.180. The van der Waals surface area contributed by atoms with Crippen molar-refractivity contribution in [3.8, 4) is 23.1 Å². The number of rotatable bonds is 8. The van der Waals surface area contributed by atoms with Crippen molar-refractivity contribution < 1.29 is 23.8 Å². The van der Waals surface area contributed by atoms with Gasteiger partial charge in [-0.1, -0.05) is 29.3 Å². The first kappa shape index (κ1) is 32.6. The summed E-state index contributed by atoms with van der Waals surface area (Å²) in [6.45, 7) is 6.20. The predicted molar refractivity (Wildman–Crippen MR) is 189 cm³/mol. The second-order valence-electron chi connectivity index (χ2n) is 11.8. The molecule has 0 spiro atoms. The molecule has 0 unspecified atom stereocenters. The van der Waals surface area contributed by atoms with E-state index in [4.69, 9.17) is 37.4 Å². The fourth-order valence-electron chi connectivity index (χ4n) is 6.09. The highest BCUT2D eigenvalue weighted by molar-refractivity contribution is 6.42. The Morgan fingerprint density at radius 1 is 0.918 bits per heavy atom. The van der Waals surface area contributed by atoms with Crippen LogP contribution in [0.2, 0.25) is 10.0 Å². The van der Waals surface area contributed by atoms with Gasteiger partial charge in [0.15, 0.2) is 11.5 Å². The molecule has 252 valence electrons. The molecule has 0 atom stereocenters. The number of aromatic nitrogens is 2. The van der Waals surface area contributed by atoms with Crippen LogP contribution in [0.4, 0.5) is 16.2 Å². The van der Waals surface area contributed by atoms with E-state index < -0.39 is 0 Å². The summed E-state index contributed by atoms with van der Waals surface area (Å²) in [5.41, 5.74) is 3.84. The maximum Gasteiger partial charge on any atom is 0.326 e. The van der Waals surface area contributed by atoms with Crippen LogP contribution in [0.5, 0.6) is 23.1 Å². The third kappa shape index (κ3) is 6.96. The number of carbonyl (C=O) groups excluding carboxylic acids is 2. The number of aryl methyl sites for hydroxylation is 1. The average molecular weight is 702 g/mol. The molecule has 7 rings (SSSR count). The first-order valence-corrected chi connectivity index (χ1v) is 16.7. The number of piperazine rings is 1. The van der Waals surface area contributed by atoms with Crippen LogP contribution in [0.3, 0.4) is 0 Å². The van der Waals surface area contributed by atoms with Crippen LogP contribution in [-0.2, 0) is 13.6 Å². The molecule has 1 N–H and O–H groups in total. The minimum absolute atomic E-state index is 0.00447. The molecule has 3 aromatic carbocycles. The van der Waals surface area contributed by atoms with Crippen molar-refractivity contribution >= 4 is 57.4 Å². The van der Waals surface area contributed by atoms with Crippen LogP contribution in [0.15, 0.2) is 79.0 Å². The van der Waals surface area contributed by atoms with Gasteiger partial charge in [0.1, 0.15) is 11.4 Å². The van der Waals surface area contributed by atoms with E-state index in [0.29, 0.717) is 58.4 Å². The van der Waals surface area contributed by atoms with E-state index in [0.717, 1.165) is 47.6 Å². The van der Waals surface area contributed by atoms with Gasteiger partial charge in [-0.15, -0.1) is 0 Å². The Morgan fingerprint density at radius 3 is 2.49 bits per heavy atom. The van der Waals surface area contributed by atoms with Crippen LogP contribution >= 0.6 is 23.2 Å². The Labute approximate surface area is 293 Å². The number of fused-ring (bicyclic) bond motifs is 2. The summed E-state index contributed by atoms with van der Waals surface area (Å²) in [6.07, 6.45) is 1.58. The van der Waals surface area contributed by atoms with E-state index >= 15 is 0 Å². The molecule has 5 aromatic rings. The zero-order valence-electron chi connectivity index (χ0n) is 27.0. The molecule has 13 heteroatoms. The number of carbonyl (C=O) groups is 2. The van der Waals surface area contributed by atoms with Crippen LogP contribution in [0, 0.1) is 0 Å². The molecule has 2 aliphatic rings. The molecular formula is C36H34Cl2N6O5. The highest BCUT2D eigenvalue weighted by Crippen LogP contribution is 2.33. The van der Waals surface area contributed by atoms with Crippen molar-refractivity contribution in [1.82, 2.24) is 19.4 Å². The van der Waals surface area contributed by atoms with E-state index in [1.807, 2.05) is 59.8 Å². The molecule has 0 saturated carbocycles. The minimum atomic E-state index is -0.334. The average Bonchev–Trinajstić information content (AvgIpc) is 3.71. The van der Waals surface area contributed by atoms with Gasteiger partial charge in [-0.05, 0) is 73.2 Å². The van der Waals surface area contributed by atoms with E-state index in [-0.39, 0.29) is 18.7 Å². The van der Waals surface area contributed by atoms with Gasteiger partial charge in [0.2, 0.25) is 12.7 Å². The Kier molecular flexibility index (Phi) is 9.22. The summed E-state index contributed by atoms with van der Waals surface area (Å²) in [4.78, 5) is 36.8. The molecule has 0 radical (unpaired) electrons. The number of pyridine rings is 1. The molecule has 0 aliphatic carbocycles. The summed E-state index contributed by atoms with van der Waals surface area (Å²) in [6, 6.07) is 21.7. The third-order valence-electron chi connectivity index (χ3n) is 8.72. The van der Waals surface area contributed by atoms with Gasteiger partial charge in [0.25, 0.3) is 5.91 Å². The molecule has 2 aliphatic heterocycles. The van der Waals surface area contributed by atoms with Crippen molar-refractivity contribution in [2.45, 2.75) is 13.5 Å². The second-order valence-corrected chi connectivity index (χ2v) is 12.6. The van der Waals surface area contributed by atoms with Crippen molar-refractivity contribution in [1.29, 1.82) is 0 Å². The van der Waals surface area contributed by atoms with Gasteiger partial charge in [0, 0.05) is 69.0 Å². The van der Waals surface area contributed by atoms with Gasteiger partial charge in [-0.2, -0.15) is 0 Å². The Balaban J connectivity index is 0.970. The van der Waals surface area contributed by atoms with Gasteiger partial charge < -0.3 is 29.0 Å². The topological polar surface area (TPSA) is 101 Å². The second kappa shape index (κ2) is 13.9. The van der Waals surface area contributed by atoms with Crippen molar-refractivity contribution in [3.05, 3.63) is 100 Å². The molecule has 0 bridgehead atoms. The van der Waals surface area contributed by atoms with E-state index in [1.165, 1.54) is 0 Å². The lowest BCUT2D eigenvalue weighted by molar-refractivity contribution is 0.0619. The Hall–Kier alpha value is -4.97. The van der Waals surface area contributed by atoms with Gasteiger partial charge in [-0.25, -0.2) is 9.78 Å². The highest BCUT2D eigenvalue weighted by atomic mass is 35.5. The van der Waals surface area contributed by atoms with Crippen molar-refractivity contribution in [3.63, 3.8) is 0 Å². The number of nitrogens with zero attached hydrogens (tertiary/aromatic N) is 5. The summed E-state index contributed by atoms with van der Waals surface area (Å²) >= 11 is 12.1. The molecule has 49 heavy (non-hydrogen) atoms. The standard InChI is InChI=1S/C36H34Cl2N6O5/c1-3-44(36(46)40-25-5-8-28(37)29(38)19-25)26-6-11-34(39-20-26)49-27-7-9-30-24(17-27)18-31(41(30)2)35(45)43-14-12-42(13-15-43)21-23-4-10-32-33(16-23)48-22-47-32/h4-11,16-20H,3,12-15,21-22H2,1-2H3,(H,40,46). The smallest absolute Gasteiger partial charge is 0.326 e. The summed E-state index contributed by atoms with van der Waals surface area (Å²) in [5, 5.41) is 4.48. The first-order valence-electron chi connectivity index (χ1n) is 15.9. The Morgan fingerprint density at radius 2 is 1.73 bits per heavy atom. The van der Waals surface area contributed by atoms with Crippen LogP contribution in [-0.4, -0.2) is 70.8 Å². The molecule has 3 amide bonds. The molecule has 4 heterocycles. The zero-order chi connectivity index (χ0) is 34.1. The number of hydrogen-bond donors (Lipinski definition) is 1. The summed E-state index contributed by atoms with van der Waals surface area (Å²) < 4.78 is 18.9. The van der Waals surface area contributed by atoms with Crippen LogP contribution < -0.4 is 24.4 Å². The van der Waals surface area contributed by atoms with Gasteiger partial charge in [-0.3, -0.25) is 14.6 Å². The third-order valence-corrected chi connectivity index (χ3v) is 9.46. The van der Waals surface area contributed by atoms with E-state index in [2.05, 4.69) is 21.3 Å².